The van der Waals surface area contributed by atoms with Gasteiger partial charge in [0.05, 0.1) is 0 Å². The van der Waals surface area contributed by atoms with E-state index in [-0.39, 0.29) is 11.3 Å². The summed E-state index contributed by atoms with van der Waals surface area (Å²) in [5.41, 5.74) is 6.49. The Balaban J connectivity index is 2.04. The first-order valence-electron chi connectivity index (χ1n) is 5.17. The molecular formula is C12H14ClNO. The summed E-state index contributed by atoms with van der Waals surface area (Å²) in [4.78, 5) is 11.8. The molecule has 2 N–H and O–H groups in total. The number of benzene rings is 1. The quantitative estimate of drug-likeness (QED) is 0.801. The number of hydrogen-bond acceptors (Lipinski definition) is 2. The van der Waals surface area contributed by atoms with Crippen LogP contribution in [0.1, 0.15) is 36.0 Å². The average molecular weight is 224 g/mol. The fraction of sp³-hybridized carbons (Fsp3) is 0.417. The minimum Gasteiger partial charge on any atom is -0.325 e. The highest BCUT2D eigenvalue weighted by molar-refractivity contribution is 6.30. The molecule has 0 aromatic heterocycles. The van der Waals surface area contributed by atoms with Crippen molar-refractivity contribution in [2.24, 2.45) is 5.73 Å². The zero-order valence-corrected chi connectivity index (χ0v) is 9.26. The van der Waals surface area contributed by atoms with Gasteiger partial charge in [-0.25, -0.2) is 0 Å². The maximum absolute atomic E-state index is 11.8. The van der Waals surface area contributed by atoms with E-state index < -0.39 is 0 Å². The molecule has 0 atom stereocenters. The molecule has 0 amide bonds. The smallest absolute Gasteiger partial charge is 0.164 e. The van der Waals surface area contributed by atoms with Gasteiger partial charge in [0.15, 0.2) is 5.78 Å². The van der Waals surface area contributed by atoms with Crippen LogP contribution < -0.4 is 5.73 Å². The lowest BCUT2D eigenvalue weighted by atomic mass is 9.74. The van der Waals surface area contributed by atoms with Crippen LogP contribution in [0, 0.1) is 0 Å². The molecule has 0 saturated heterocycles. The molecule has 0 bridgehead atoms. The molecule has 1 aromatic carbocycles. The molecule has 0 radical (unpaired) electrons. The summed E-state index contributed by atoms with van der Waals surface area (Å²) in [7, 11) is 0. The molecule has 2 rings (SSSR count). The van der Waals surface area contributed by atoms with Gasteiger partial charge in [0.2, 0.25) is 0 Å². The summed E-state index contributed by atoms with van der Waals surface area (Å²) in [6, 6.07) is 6.98. The van der Waals surface area contributed by atoms with Gasteiger partial charge in [-0.1, -0.05) is 11.6 Å². The number of rotatable bonds is 3. The molecule has 1 fully saturated rings. The fourth-order valence-electron chi connectivity index (χ4n) is 1.87. The van der Waals surface area contributed by atoms with E-state index in [1.54, 1.807) is 24.3 Å². The number of carbonyl (C=O) groups is 1. The minimum absolute atomic E-state index is 0.119. The molecule has 1 aliphatic rings. The largest absolute Gasteiger partial charge is 0.325 e. The van der Waals surface area contributed by atoms with Crippen LogP contribution in [0.15, 0.2) is 24.3 Å². The molecule has 80 valence electrons. The maximum Gasteiger partial charge on any atom is 0.164 e. The second kappa shape index (κ2) is 3.95. The SMILES string of the molecule is NC1(CC(=O)c2ccc(Cl)cc2)CCC1. The van der Waals surface area contributed by atoms with Crippen molar-refractivity contribution in [1.82, 2.24) is 0 Å². The fourth-order valence-corrected chi connectivity index (χ4v) is 1.99. The van der Waals surface area contributed by atoms with Crippen LogP contribution in [0.4, 0.5) is 0 Å². The van der Waals surface area contributed by atoms with Crippen LogP contribution in [0.5, 0.6) is 0 Å². The molecule has 0 aliphatic heterocycles. The van der Waals surface area contributed by atoms with Crippen LogP contribution in [-0.2, 0) is 0 Å². The topological polar surface area (TPSA) is 43.1 Å². The van der Waals surface area contributed by atoms with E-state index in [0.717, 1.165) is 19.3 Å². The van der Waals surface area contributed by atoms with Crippen LogP contribution in [-0.4, -0.2) is 11.3 Å². The number of Topliss-reactive ketones (excluding diaryl/α,β-unsaturated/α-hetero) is 1. The number of carbonyl (C=O) groups excluding carboxylic acids is 1. The maximum atomic E-state index is 11.8. The number of hydrogen-bond donors (Lipinski definition) is 1. The molecule has 1 saturated carbocycles. The Kier molecular flexibility index (Phi) is 2.81. The summed E-state index contributed by atoms with van der Waals surface area (Å²) in [6.07, 6.45) is 3.53. The Hall–Kier alpha value is -0.860. The van der Waals surface area contributed by atoms with Crippen molar-refractivity contribution >= 4 is 17.4 Å². The van der Waals surface area contributed by atoms with Crippen LogP contribution in [0.2, 0.25) is 5.02 Å². The first kappa shape index (κ1) is 10.7. The van der Waals surface area contributed by atoms with Gasteiger partial charge in [-0.3, -0.25) is 4.79 Å². The lowest BCUT2D eigenvalue weighted by molar-refractivity contribution is 0.0912. The average Bonchev–Trinajstić information content (AvgIpc) is 2.16. The minimum atomic E-state index is -0.239. The van der Waals surface area contributed by atoms with Gasteiger partial charge >= 0.3 is 0 Å². The predicted molar refractivity (Wildman–Crippen MR) is 61.2 cm³/mol. The molecular weight excluding hydrogens is 210 g/mol. The third kappa shape index (κ3) is 2.39. The zero-order chi connectivity index (χ0) is 10.9. The van der Waals surface area contributed by atoms with E-state index in [4.69, 9.17) is 17.3 Å². The highest BCUT2D eigenvalue weighted by Crippen LogP contribution is 2.33. The van der Waals surface area contributed by atoms with Crippen molar-refractivity contribution in [2.75, 3.05) is 0 Å². The van der Waals surface area contributed by atoms with Crippen molar-refractivity contribution in [3.8, 4) is 0 Å². The summed E-state index contributed by atoms with van der Waals surface area (Å²) < 4.78 is 0. The van der Waals surface area contributed by atoms with Gasteiger partial charge in [-0.05, 0) is 43.5 Å². The van der Waals surface area contributed by atoms with Crippen LogP contribution >= 0.6 is 11.6 Å². The molecule has 3 heteroatoms. The first-order chi connectivity index (χ1) is 7.09. The van der Waals surface area contributed by atoms with Crippen molar-refractivity contribution < 1.29 is 4.79 Å². The Morgan fingerprint density at radius 3 is 2.40 bits per heavy atom. The predicted octanol–water partition coefficient (Wildman–Crippen LogP) is 2.79. The normalized spacial score (nSPS) is 18.3. The van der Waals surface area contributed by atoms with E-state index in [2.05, 4.69) is 0 Å². The number of ketones is 1. The Morgan fingerprint density at radius 2 is 1.93 bits per heavy atom. The van der Waals surface area contributed by atoms with Gasteiger partial charge in [0.25, 0.3) is 0 Å². The molecule has 0 heterocycles. The van der Waals surface area contributed by atoms with E-state index in [0.29, 0.717) is 17.0 Å². The van der Waals surface area contributed by atoms with Crippen molar-refractivity contribution in [1.29, 1.82) is 0 Å². The highest BCUT2D eigenvalue weighted by Gasteiger charge is 2.34. The van der Waals surface area contributed by atoms with Crippen molar-refractivity contribution in [3.05, 3.63) is 34.9 Å². The summed E-state index contributed by atoms with van der Waals surface area (Å²) in [5, 5.41) is 0.651. The Bertz CT molecular complexity index is 368. The van der Waals surface area contributed by atoms with E-state index >= 15 is 0 Å². The zero-order valence-electron chi connectivity index (χ0n) is 8.50. The Morgan fingerprint density at radius 1 is 1.33 bits per heavy atom. The number of nitrogens with two attached hydrogens (primary N) is 1. The lowest BCUT2D eigenvalue weighted by Gasteiger charge is -2.37. The van der Waals surface area contributed by atoms with E-state index in [9.17, 15) is 4.79 Å². The van der Waals surface area contributed by atoms with Gasteiger partial charge in [0.1, 0.15) is 0 Å². The molecule has 1 aliphatic carbocycles. The summed E-state index contributed by atoms with van der Waals surface area (Å²) >= 11 is 5.75. The summed E-state index contributed by atoms with van der Waals surface area (Å²) in [5.74, 6) is 0.119. The molecule has 0 unspecified atom stereocenters. The summed E-state index contributed by atoms with van der Waals surface area (Å²) in [6.45, 7) is 0. The molecule has 1 aromatic rings. The van der Waals surface area contributed by atoms with Gasteiger partial charge in [0, 0.05) is 22.5 Å². The number of halogens is 1. The second-order valence-corrected chi connectivity index (χ2v) is 4.76. The van der Waals surface area contributed by atoms with E-state index in [1.165, 1.54) is 0 Å². The molecule has 0 spiro atoms. The van der Waals surface area contributed by atoms with Crippen molar-refractivity contribution in [3.63, 3.8) is 0 Å². The van der Waals surface area contributed by atoms with Crippen LogP contribution in [0.25, 0.3) is 0 Å². The third-order valence-electron chi connectivity index (χ3n) is 3.03. The lowest BCUT2D eigenvalue weighted by Crippen LogP contribution is -2.48. The monoisotopic (exact) mass is 223 g/mol. The van der Waals surface area contributed by atoms with Crippen molar-refractivity contribution in [2.45, 2.75) is 31.2 Å². The molecule has 2 nitrogen and oxygen atoms in total. The van der Waals surface area contributed by atoms with Gasteiger partial charge in [-0.15, -0.1) is 0 Å². The first-order valence-corrected chi connectivity index (χ1v) is 5.55. The third-order valence-corrected chi connectivity index (χ3v) is 3.28. The van der Waals surface area contributed by atoms with Gasteiger partial charge < -0.3 is 5.73 Å². The second-order valence-electron chi connectivity index (χ2n) is 4.32. The standard InChI is InChI=1S/C12H14ClNO/c13-10-4-2-9(3-5-10)11(15)8-12(14)6-1-7-12/h2-5H,1,6-8,14H2. The highest BCUT2D eigenvalue weighted by atomic mass is 35.5. The van der Waals surface area contributed by atoms with Crippen LogP contribution in [0.3, 0.4) is 0 Å². The van der Waals surface area contributed by atoms with E-state index in [1.807, 2.05) is 0 Å². The Labute approximate surface area is 94.4 Å². The van der Waals surface area contributed by atoms with Gasteiger partial charge in [-0.2, -0.15) is 0 Å². The molecule has 15 heavy (non-hydrogen) atoms.